The van der Waals surface area contributed by atoms with E-state index in [0.29, 0.717) is 17.4 Å². The number of carbonyl (C=O) groups excluding carboxylic acids is 3. The van der Waals surface area contributed by atoms with Gasteiger partial charge in [0.1, 0.15) is 11.5 Å². The maximum absolute atomic E-state index is 14.6. The molecule has 2 aromatic heterocycles. The molecule has 0 saturated heterocycles. The van der Waals surface area contributed by atoms with E-state index in [9.17, 15) is 59.4 Å². The van der Waals surface area contributed by atoms with Crippen LogP contribution >= 0.6 is 0 Å². The van der Waals surface area contributed by atoms with Gasteiger partial charge >= 0.3 is 24.7 Å². The highest BCUT2D eigenvalue weighted by Gasteiger charge is 2.35. The van der Waals surface area contributed by atoms with Gasteiger partial charge < -0.3 is 28.8 Å². The summed E-state index contributed by atoms with van der Waals surface area (Å²) >= 11 is 0. The van der Waals surface area contributed by atoms with Crippen LogP contribution < -0.4 is 23.7 Å². The van der Waals surface area contributed by atoms with Gasteiger partial charge in [0.25, 0.3) is 11.8 Å². The normalized spacial score (nSPS) is 12.5. The lowest BCUT2D eigenvalue weighted by Gasteiger charge is -2.20. The van der Waals surface area contributed by atoms with Gasteiger partial charge in [0, 0.05) is 46.6 Å². The smallest absolute Gasteiger partial charge is 0.494 e. The Hall–Kier alpha value is -7.12. The summed E-state index contributed by atoms with van der Waals surface area (Å²) < 4.78 is 128. The summed E-state index contributed by atoms with van der Waals surface area (Å²) in [6, 6.07) is 13.3. The van der Waals surface area contributed by atoms with Crippen LogP contribution in [0.25, 0.3) is 21.8 Å². The van der Waals surface area contributed by atoms with Crippen molar-refractivity contribution in [3.8, 4) is 28.7 Å². The minimum atomic E-state index is -4.88. The number of carboxylic acids is 1. The second-order valence-corrected chi connectivity index (χ2v) is 14.1. The molecule has 0 fully saturated rings. The lowest BCUT2D eigenvalue weighted by molar-refractivity contribution is -0.275. The topological polar surface area (TPSA) is 145 Å². The van der Waals surface area contributed by atoms with E-state index >= 15 is 0 Å². The van der Waals surface area contributed by atoms with Crippen molar-refractivity contribution in [1.82, 2.24) is 9.13 Å². The Labute approximate surface area is 358 Å². The first kappa shape index (κ1) is 47.9. The van der Waals surface area contributed by atoms with Crippen molar-refractivity contribution < 1.29 is 83.1 Å². The number of halogens is 8. The van der Waals surface area contributed by atoms with Crippen molar-refractivity contribution in [3.63, 3.8) is 0 Å². The molecule has 64 heavy (non-hydrogen) atoms. The lowest BCUT2D eigenvalue weighted by atomic mass is 9.84. The number of aliphatic carboxylic acids is 1. The van der Waals surface area contributed by atoms with E-state index in [1.54, 1.807) is 13.8 Å². The minimum Gasteiger partial charge on any atom is -0.494 e. The molecule has 340 valence electrons. The van der Waals surface area contributed by atoms with Gasteiger partial charge in [0.15, 0.2) is 28.9 Å². The van der Waals surface area contributed by atoms with E-state index < -0.39 is 65.5 Å². The number of hydrogen-bond donors (Lipinski definition) is 1. The molecule has 0 bridgehead atoms. The molecule has 0 radical (unpaired) electrons. The summed E-state index contributed by atoms with van der Waals surface area (Å²) in [5.74, 6) is -7.05. The number of esters is 1. The van der Waals surface area contributed by atoms with E-state index in [0.717, 1.165) is 65.2 Å². The molecule has 0 aliphatic rings. The maximum atomic E-state index is 14.6. The van der Waals surface area contributed by atoms with Crippen LogP contribution in [0, 0.1) is 31.4 Å². The predicted molar refractivity (Wildman–Crippen MR) is 213 cm³/mol. The van der Waals surface area contributed by atoms with Crippen LogP contribution in [0.3, 0.4) is 0 Å². The number of ether oxygens (including phenoxy) is 5. The van der Waals surface area contributed by atoms with Gasteiger partial charge in [-0.05, 0) is 86.0 Å². The van der Waals surface area contributed by atoms with Crippen molar-refractivity contribution >= 4 is 45.6 Å². The molecular weight excluding hydrogens is 868 g/mol. The monoisotopic (exact) mass is 906 g/mol. The second kappa shape index (κ2) is 18.7. The zero-order chi connectivity index (χ0) is 47.6. The summed E-state index contributed by atoms with van der Waals surface area (Å²) in [5.41, 5.74) is 1.08. The fourth-order valence-corrected chi connectivity index (χ4v) is 7.07. The maximum Gasteiger partial charge on any atom is 0.573 e. The number of aromatic nitrogens is 2. The molecule has 2 unspecified atom stereocenters. The molecule has 0 spiro atoms. The third kappa shape index (κ3) is 10.2. The highest BCUT2D eigenvalue weighted by molar-refractivity contribution is 6.07. The van der Waals surface area contributed by atoms with E-state index in [2.05, 4.69) is 9.47 Å². The second-order valence-electron chi connectivity index (χ2n) is 14.1. The van der Waals surface area contributed by atoms with Gasteiger partial charge in [0.05, 0.1) is 36.9 Å². The van der Waals surface area contributed by atoms with Gasteiger partial charge in [0.2, 0.25) is 0 Å². The molecule has 6 aromatic rings. The summed E-state index contributed by atoms with van der Waals surface area (Å²) in [6.07, 6.45) is -9.21. The molecule has 0 aliphatic heterocycles. The predicted octanol–water partition coefficient (Wildman–Crippen LogP) is 10.5. The number of nitrogens with zero attached hydrogens (tertiary/aromatic N) is 2. The highest BCUT2D eigenvalue weighted by atomic mass is 19.4. The standard InChI is InChI=1S/C24H23F4NO5.C20H15F4NO5/c1-5-12(2)20(23(31)32)21-13(3)29(18-11-17(25)19(33-4)10-16(18)21)22(30)14-6-8-15(9-7-14)34-24(26,27)28;1-10-18(29-11(2)26)14-8-17(28-3)15(21)9-16(14)25(10)19(27)12-4-6-13(7-5-12)30-20(22,23)24/h6-12,20H,5H2,1-4H3,(H,31,32);4-9H,1-3H3. The van der Waals surface area contributed by atoms with Crippen molar-refractivity contribution in [2.24, 2.45) is 5.92 Å². The molecule has 1 N–H and O–H groups in total. The van der Waals surface area contributed by atoms with Gasteiger partial charge in [-0.2, -0.15) is 0 Å². The molecular formula is C44H38F8N2O10. The van der Waals surface area contributed by atoms with E-state index in [1.165, 1.54) is 44.8 Å². The fraction of sp³-hybridized carbons (Fsp3) is 0.273. The average molecular weight is 907 g/mol. The van der Waals surface area contributed by atoms with Crippen molar-refractivity contribution in [2.45, 2.75) is 59.7 Å². The zero-order valence-corrected chi connectivity index (χ0v) is 34.8. The van der Waals surface area contributed by atoms with Crippen molar-refractivity contribution in [3.05, 3.63) is 113 Å². The largest absolute Gasteiger partial charge is 0.573 e. The number of alkyl halides is 6. The number of benzene rings is 4. The van der Waals surface area contributed by atoms with Gasteiger partial charge in [-0.3, -0.25) is 28.3 Å². The highest BCUT2D eigenvalue weighted by Crippen LogP contribution is 2.41. The Balaban J connectivity index is 0.000000243. The van der Waals surface area contributed by atoms with Crippen LogP contribution in [0.5, 0.6) is 28.7 Å². The molecule has 20 heteroatoms. The van der Waals surface area contributed by atoms with Crippen molar-refractivity contribution in [2.75, 3.05) is 14.2 Å². The summed E-state index contributed by atoms with van der Waals surface area (Å²) in [4.78, 5) is 50.2. The first-order valence-electron chi connectivity index (χ1n) is 18.9. The summed E-state index contributed by atoms with van der Waals surface area (Å²) in [7, 11) is 2.53. The van der Waals surface area contributed by atoms with Gasteiger partial charge in [-0.1, -0.05) is 20.3 Å². The third-order valence-corrected chi connectivity index (χ3v) is 10.1. The SMILES string of the molecule is CCC(C)C(C(=O)O)c1c(C)n(C(=O)c2ccc(OC(F)(F)F)cc2)c2cc(F)c(OC)cc12.COc1cc2c(OC(C)=O)c(C)n(C(=O)c3ccc(OC(F)(F)F)cc3)c2cc1F. The molecule has 0 saturated carbocycles. The van der Waals surface area contributed by atoms with Crippen LogP contribution in [-0.2, 0) is 9.59 Å². The number of carbonyl (C=O) groups is 4. The van der Waals surface area contributed by atoms with Crippen LogP contribution in [0.4, 0.5) is 35.1 Å². The molecule has 2 heterocycles. The number of carboxylic acid groups (broad SMARTS) is 1. The number of methoxy groups -OCH3 is 2. The Bertz CT molecular complexity index is 2740. The van der Waals surface area contributed by atoms with Crippen molar-refractivity contribution in [1.29, 1.82) is 0 Å². The first-order valence-corrected chi connectivity index (χ1v) is 18.9. The molecule has 0 aliphatic carbocycles. The van der Waals surface area contributed by atoms with E-state index in [1.807, 2.05) is 6.92 Å². The van der Waals surface area contributed by atoms with Crippen LogP contribution in [-0.4, -0.2) is 64.9 Å². The molecule has 12 nitrogen and oxygen atoms in total. The number of rotatable bonds is 11. The molecule has 6 rings (SSSR count). The van der Waals surface area contributed by atoms with E-state index in [-0.39, 0.29) is 62.1 Å². The number of fused-ring (bicyclic) bond motifs is 2. The lowest BCUT2D eigenvalue weighted by Crippen LogP contribution is -2.21. The van der Waals surface area contributed by atoms with Crippen LogP contribution in [0.1, 0.15) is 70.8 Å². The fourth-order valence-electron chi connectivity index (χ4n) is 7.07. The molecule has 2 atom stereocenters. The Morgan fingerprint density at radius 2 is 1.08 bits per heavy atom. The molecule has 0 amide bonds. The zero-order valence-electron chi connectivity index (χ0n) is 34.8. The van der Waals surface area contributed by atoms with E-state index in [4.69, 9.17) is 14.2 Å². The summed E-state index contributed by atoms with van der Waals surface area (Å²) in [5, 5.41) is 10.6. The molecule has 4 aromatic carbocycles. The first-order chi connectivity index (χ1) is 29.9. The quantitative estimate of drug-likeness (QED) is 0.0985. The Morgan fingerprint density at radius 1 is 0.672 bits per heavy atom. The minimum absolute atomic E-state index is 0.00714. The third-order valence-electron chi connectivity index (χ3n) is 10.1. The van der Waals surface area contributed by atoms with Gasteiger partial charge in [-0.15, -0.1) is 26.3 Å². The Morgan fingerprint density at radius 3 is 1.45 bits per heavy atom. The van der Waals surface area contributed by atoms with Crippen LogP contribution in [0.15, 0.2) is 72.8 Å². The Kier molecular flexibility index (Phi) is 14.0. The number of hydrogen-bond acceptors (Lipinski definition) is 9. The average Bonchev–Trinajstić information content (AvgIpc) is 3.62. The van der Waals surface area contributed by atoms with Gasteiger partial charge in [-0.25, -0.2) is 8.78 Å². The van der Waals surface area contributed by atoms with Crippen LogP contribution in [0.2, 0.25) is 0 Å². The summed E-state index contributed by atoms with van der Waals surface area (Å²) in [6.45, 7) is 7.82.